The summed E-state index contributed by atoms with van der Waals surface area (Å²) in [6.07, 6.45) is 1.17. The molecule has 0 aliphatic heterocycles. The van der Waals surface area contributed by atoms with Crippen LogP contribution in [0.15, 0.2) is 12.2 Å². The average Bonchev–Trinajstić information content (AvgIpc) is 1.98. The van der Waals surface area contributed by atoms with Gasteiger partial charge in [0.15, 0.2) is 0 Å². The molecule has 1 atom stereocenters. The highest BCUT2D eigenvalue weighted by Gasteiger charge is 2.17. The first-order valence-corrected chi connectivity index (χ1v) is 4.95. The van der Waals surface area contributed by atoms with Crippen molar-refractivity contribution in [3.63, 3.8) is 0 Å². The van der Waals surface area contributed by atoms with Gasteiger partial charge in [0.05, 0.1) is 0 Å². The van der Waals surface area contributed by atoms with Gasteiger partial charge in [-0.05, 0) is 33.7 Å². The van der Waals surface area contributed by atoms with E-state index in [1.54, 1.807) is 0 Å². The molecule has 0 unspecified atom stereocenters. The highest BCUT2D eigenvalue weighted by molar-refractivity contribution is 5.02. The van der Waals surface area contributed by atoms with Crippen LogP contribution in [0, 0.1) is 0 Å². The summed E-state index contributed by atoms with van der Waals surface area (Å²) in [5.74, 6) is 0. The fraction of sp³-hybridized carbons (Fsp3) is 0.818. The third-order valence-corrected chi connectivity index (χ3v) is 2.38. The van der Waals surface area contributed by atoms with Crippen molar-refractivity contribution in [3.8, 4) is 0 Å². The highest BCUT2D eigenvalue weighted by Crippen LogP contribution is 2.14. The standard InChI is InChI=1S/C11H23N/c1-7-11(9(3)4)12(8-2)10(5)6/h10-11H,3,7-8H2,1-2,4-6H3/t11-/m0/s1. The average molecular weight is 169 g/mol. The smallest absolute Gasteiger partial charge is 0.0302 e. The molecule has 0 amide bonds. The van der Waals surface area contributed by atoms with Crippen molar-refractivity contribution in [1.82, 2.24) is 4.90 Å². The summed E-state index contributed by atoms with van der Waals surface area (Å²) in [4.78, 5) is 2.49. The lowest BCUT2D eigenvalue weighted by atomic mass is 10.0. The van der Waals surface area contributed by atoms with E-state index in [-0.39, 0.29) is 0 Å². The van der Waals surface area contributed by atoms with Crippen LogP contribution in [0.5, 0.6) is 0 Å². The molecule has 1 heteroatoms. The van der Waals surface area contributed by atoms with Crippen LogP contribution in [0.1, 0.15) is 41.0 Å². The number of nitrogens with zero attached hydrogens (tertiary/aromatic N) is 1. The zero-order valence-corrected chi connectivity index (χ0v) is 9.22. The summed E-state index contributed by atoms with van der Waals surface area (Å²) in [5, 5.41) is 0. The lowest BCUT2D eigenvalue weighted by molar-refractivity contribution is 0.180. The molecule has 0 saturated heterocycles. The number of hydrogen-bond donors (Lipinski definition) is 0. The molecule has 0 bridgehead atoms. The maximum absolute atomic E-state index is 4.04. The first kappa shape index (κ1) is 11.7. The molecule has 12 heavy (non-hydrogen) atoms. The molecular formula is C11H23N. The van der Waals surface area contributed by atoms with Gasteiger partial charge in [-0.3, -0.25) is 4.90 Å². The number of likely N-dealkylation sites (N-methyl/N-ethyl adjacent to an activating group) is 1. The van der Waals surface area contributed by atoms with Crippen molar-refractivity contribution in [1.29, 1.82) is 0 Å². The molecule has 0 aromatic carbocycles. The minimum Gasteiger partial charge on any atom is -0.295 e. The zero-order chi connectivity index (χ0) is 9.72. The molecule has 0 spiro atoms. The van der Waals surface area contributed by atoms with Crippen molar-refractivity contribution in [2.45, 2.75) is 53.1 Å². The molecule has 0 aliphatic rings. The van der Waals surface area contributed by atoms with Crippen LogP contribution >= 0.6 is 0 Å². The van der Waals surface area contributed by atoms with Crippen LogP contribution in [-0.4, -0.2) is 23.5 Å². The maximum Gasteiger partial charge on any atom is 0.0302 e. The summed E-state index contributed by atoms with van der Waals surface area (Å²) in [6, 6.07) is 1.19. The van der Waals surface area contributed by atoms with Crippen LogP contribution in [0.4, 0.5) is 0 Å². The molecule has 0 N–H and O–H groups in total. The summed E-state index contributed by atoms with van der Waals surface area (Å²) in [6.45, 7) is 16.2. The van der Waals surface area contributed by atoms with E-state index in [4.69, 9.17) is 0 Å². The maximum atomic E-state index is 4.04. The summed E-state index contributed by atoms with van der Waals surface area (Å²) in [5.41, 5.74) is 1.29. The normalized spacial score (nSPS) is 13.9. The van der Waals surface area contributed by atoms with Gasteiger partial charge in [0, 0.05) is 12.1 Å². The lowest BCUT2D eigenvalue weighted by Crippen LogP contribution is -2.40. The van der Waals surface area contributed by atoms with Gasteiger partial charge in [0.25, 0.3) is 0 Å². The van der Waals surface area contributed by atoms with E-state index < -0.39 is 0 Å². The quantitative estimate of drug-likeness (QED) is 0.572. The Labute approximate surface area is 77.5 Å². The van der Waals surface area contributed by atoms with Gasteiger partial charge in [-0.2, -0.15) is 0 Å². The van der Waals surface area contributed by atoms with Gasteiger partial charge < -0.3 is 0 Å². The number of hydrogen-bond acceptors (Lipinski definition) is 1. The predicted molar refractivity (Wildman–Crippen MR) is 56.4 cm³/mol. The Kier molecular flexibility index (Phi) is 5.23. The molecule has 0 fully saturated rings. The van der Waals surface area contributed by atoms with Crippen molar-refractivity contribution >= 4 is 0 Å². The molecular weight excluding hydrogens is 146 g/mol. The van der Waals surface area contributed by atoms with E-state index in [2.05, 4.69) is 46.1 Å². The first-order valence-electron chi connectivity index (χ1n) is 4.95. The van der Waals surface area contributed by atoms with Gasteiger partial charge >= 0.3 is 0 Å². The minimum absolute atomic E-state index is 0.565. The van der Waals surface area contributed by atoms with E-state index in [9.17, 15) is 0 Å². The second-order valence-corrected chi connectivity index (χ2v) is 3.69. The lowest BCUT2D eigenvalue weighted by Gasteiger charge is -2.33. The Morgan fingerprint density at radius 3 is 1.92 bits per heavy atom. The summed E-state index contributed by atoms with van der Waals surface area (Å²) >= 11 is 0. The van der Waals surface area contributed by atoms with Crippen LogP contribution < -0.4 is 0 Å². The zero-order valence-electron chi connectivity index (χ0n) is 9.22. The SMILES string of the molecule is C=C(C)[C@H](CC)N(CC)C(C)C. The molecule has 0 rings (SSSR count). The molecule has 1 nitrogen and oxygen atoms in total. The number of rotatable bonds is 5. The van der Waals surface area contributed by atoms with Crippen LogP contribution in [0.2, 0.25) is 0 Å². The van der Waals surface area contributed by atoms with Gasteiger partial charge in [-0.15, -0.1) is 0 Å². The fourth-order valence-electron chi connectivity index (χ4n) is 1.81. The van der Waals surface area contributed by atoms with E-state index in [0.717, 1.165) is 6.54 Å². The Bertz CT molecular complexity index is 138. The van der Waals surface area contributed by atoms with Crippen LogP contribution in [-0.2, 0) is 0 Å². The molecule has 0 heterocycles. The third kappa shape index (κ3) is 2.98. The van der Waals surface area contributed by atoms with Crippen molar-refractivity contribution < 1.29 is 0 Å². The first-order chi connectivity index (χ1) is 5.54. The van der Waals surface area contributed by atoms with Crippen molar-refractivity contribution in [2.75, 3.05) is 6.54 Å². The Morgan fingerprint density at radius 2 is 1.83 bits per heavy atom. The largest absolute Gasteiger partial charge is 0.295 e. The Morgan fingerprint density at radius 1 is 1.33 bits per heavy atom. The summed E-state index contributed by atoms with van der Waals surface area (Å²) in [7, 11) is 0. The predicted octanol–water partition coefficient (Wildman–Crippen LogP) is 3.07. The minimum atomic E-state index is 0.565. The van der Waals surface area contributed by atoms with Gasteiger partial charge in [-0.25, -0.2) is 0 Å². The summed E-state index contributed by atoms with van der Waals surface area (Å²) < 4.78 is 0. The second-order valence-electron chi connectivity index (χ2n) is 3.69. The highest BCUT2D eigenvalue weighted by atomic mass is 15.2. The van der Waals surface area contributed by atoms with Crippen LogP contribution in [0.25, 0.3) is 0 Å². The molecule has 0 aliphatic carbocycles. The third-order valence-electron chi connectivity index (χ3n) is 2.38. The van der Waals surface area contributed by atoms with Crippen LogP contribution in [0.3, 0.4) is 0 Å². The topological polar surface area (TPSA) is 3.24 Å². The van der Waals surface area contributed by atoms with E-state index >= 15 is 0 Å². The molecule has 0 aromatic rings. The molecule has 0 saturated carbocycles. The van der Waals surface area contributed by atoms with E-state index in [0.29, 0.717) is 12.1 Å². The van der Waals surface area contributed by atoms with E-state index in [1.165, 1.54) is 12.0 Å². The van der Waals surface area contributed by atoms with E-state index in [1.807, 2.05) is 0 Å². The fourth-order valence-corrected chi connectivity index (χ4v) is 1.81. The Hall–Kier alpha value is -0.300. The molecule has 0 radical (unpaired) electrons. The Balaban J connectivity index is 4.33. The molecule has 0 aromatic heterocycles. The monoisotopic (exact) mass is 169 g/mol. The van der Waals surface area contributed by atoms with Crippen molar-refractivity contribution in [3.05, 3.63) is 12.2 Å². The van der Waals surface area contributed by atoms with Crippen molar-refractivity contribution in [2.24, 2.45) is 0 Å². The van der Waals surface area contributed by atoms with Gasteiger partial charge in [0.2, 0.25) is 0 Å². The van der Waals surface area contributed by atoms with Gasteiger partial charge in [0.1, 0.15) is 0 Å². The molecule has 72 valence electrons. The second kappa shape index (κ2) is 5.36. The van der Waals surface area contributed by atoms with Gasteiger partial charge in [-0.1, -0.05) is 26.0 Å².